The van der Waals surface area contributed by atoms with E-state index in [1.165, 1.54) is 29.5 Å². The summed E-state index contributed by atoms with van der Waals surface area (Å²) in [7, 11) is 0. The second kappa shape index (κ2) is 6.60. The number of benzene rings is 1. The van der Waals surface area contributed by atoms with Crippen LogP contribution in [-0.4, -0.2) is 23.7 Å². The molecule has 0 aliphatic carbocycles. The SMILES string of the molecule is Nc1csc(NN=Cc2ccccc2OC(F)(F)C(F)F)n1. The van der Waals surface area contributed by atoms with E-state index in [4.69, 9.17) is 5.73 Å². The Bertz CT molecular complexity index is 662. The van der Waals surface area contributed by atoms with Gasteiger partial charge in [-0.3, -0.25) is 5.43 Å². The van der Waals surface area contributed by atoms with Crippen LogP contribution in [0.4, 0.5) is 28.5 Å². The quantitative estimate of drug-likeness (QED) is 0.482. The number of nitrogens with zero attached hydrogens (tertiary/aromatic N) is 2. The molecule has 0 amide bonds. The number of alkyl halides is 4. The second-order valence-corrected chi connectivity index (χ2v) is 4.81. The van der Waals surface area contributed by atoms with Crippen molar-refractivity contribution in [3.8, 4) is 5.75 Å². The first kappa shape index (κ1) is 16.0. The topological polar surface area (TPSA) is 72.5 Å². The van der Waals surface area contributed by atoms with E-state index < -0.39 is 18.3 Å². The molecule has 0 saturated heterocycles. The number of rotatable bonds is 6. The van der Waals surface area contributed by atoms with E-state index in [1.807, 2.05) is 0 Å². The van der Waals surface area contributed by atoms with Crippen molar-refractivity contribution in [3.63, 3.8) is 0 Å². The fraction of sp³-hybridized carbons (Fsp3) is 0.167. The van der Waals surface area contributed by atoms with Crippen LogP contribution in [0.3, 0.4) is 0 Å². The average Bonchev–Trinajstić information content (AvgIpc) is 2.86. The number of hydrazone groups is 1. The molecule has 0 aliphatic heterocycles. The van der Waals surface area contributed by atoms with Gasteiger partial charge in [0.2, 0.25) is 5.13 Å². The molecule has 2 aromatic rings. The number of nitrogens with two attached hydrogens (primary N) is 1. The lowest BCUT2D eigenvalue weighted by Crippen LogP contribution is -2.33. The van der Waals surface area contributed by atoms with Gasteiger partial charge in [-0.05, 0) is 12.1 Å². The van der Waals surface area contributed by atoms with E-state index in [0.717, 1.165) is 12.3 Å². The molecule has 118 valence electrons. The first-order valence-electron chi connectivity index (χ1n) is 5.82. The van der Waals surface area contributed by atoms with Crippen molar-refractivity contribution in [2.75, 3.05) is 11.2 Å². The average molecular weight is 334 g/mol. The zero-order valence-corrected chi connectivity index (χ0v) is 11.7. The van der Waals surface area contributed by atoms with Gasteiger partial charge in [0.25, 0.3) is 0 Å². The lowest BCUT2D eigenvalue weighted by atomic mass is 10.2. The van der Waals surface area contributed by atoms with Gasteiger partial charge in [0.1, 0.15) is 11.6 Å². The highest BCUT2D eigenvalue weighted by molar-refractivity contribution is 7.14. The Kier molecular flexibility index (Phi) is 4.81. The summed E-state index contributed by atoms with van der Waals surface area (Å²) in [5, 5.41) is 5.74. The van der Waals surface area contributed by atoms with Crippen LogP contribution >= 0.6 is 11.3 Å². The van der Waals surface area contributed by atoms with Crippen LogP contribution in [0.2, 0.25) is 0 Å². The highest BCUT2D eigenvalue weighted by Gasteiger charge is 2.44. The molecule has 0 unspecified atom stereocenters. The lowest BCUT2D eigenvalue weighted by molar-refractivity contribution is -0.253. The molecule has 3 N–H and O–H groups in total. The molecule has 1 aromatic heterocycles. The Morgan fingerprint density at radius 3 is 2.73 bits per heavy atom. The third-order valence-electron chi connectivity index (χ3n) is 2.30. The summed E-state index contributed by atoms with van der Waals surface area (Å²) >= 11 is 1.19. The molecule has 0 spiro atoms. The van der Waals surface area contributed by atoms with Gasteiger partial charge >= 0.3 is 12.5 Å². The second-order valence-electron chi connectivity index (χ2n) is 3.95. The molecule has 1 aromatic carbocycles. The largest absolute Gasteiger partial charge is 0.461 e. The van der Waals surface area contributed by atoms with Crippen LogP contribution in [0.25, 0.3) is 0 Å². The van der Waals surface area contributed by atoms with E-state index in [9.17, 15) is 17.6 Å². The van der Waals surface area contributed by atoms with Crippen LogP contribution in [0.5, 0.6) is 5.75 Å². The number of nitrogen functional groups attached to an aromatic ring is 1. The van der Waals surface area contributed by atoms with Crippen molar-refractivity contribution in [1.29, 1.82) is 0 Å². The fourth-order valence-corrected chi connectivity index (χ4v) is 1.91. The zero-order chi connectivity index (χ0) is 16.2. The smallest absolute Gasteiger partial charge is 0.428 e. The Hall–Kier alpha value is -2.36. The van der Waals surface area contributed by atoms with Crippen molar-refractivity contribution in [1.82, 2.24) is 4.98 Å². The molecule has 2 rings (SSSR count). The minimum atomic E-state index is -4.58. The van der Waals surface area contributed by atoms with Gasteiger partial charge in [0, 0.05) is 10.9 Å². The Morgan fingerprint density at radius 2 is 2.09 bits per heavy atom. The normalized spacial score (nSPS) is 12.0. The summed E-state index contributed by atoms with van der Waals surface area (Å²) in [6.45, 7) is 0. The van der Waals surface area contributed by atoms with E-state index >= 15 is 0 Å². The number of para-hydroxylation sites is 1. The number of aromatic nitrogens is 1. The molecule has 10 heteroatoms. The molecule has 0 aliphatic rings. The summed E-state index contributed by atoms with van der Waals surface area (Å²) in [6, 6.07) is 5.43. The minimum Gasteiger partial charge on any atom is -0.428 e. The highest BCUT2D eigenvalue weighted by atomic mass is 32.1. The number of ether oxygens (including phenoxy) is 1. The molecule has 1 heterocycles. The van der Waals surface area contributed by atoms with Crippen LogP contribution in [-0.2, 0) is 0 Å². The van der Waals surface area contributed by atoms with E-state index in [2.05, 4.69) is 20.2 Å². The minimum absolute atomic E-state index is 0.0971. The molecule has 22 heavy (non-hydrogen) atoms. The van der Waals surface area contributed by atoms with Crippen molar-refractivity contribution in [2.45, 2.75) is 12.5 Å². The molecule has 0 fully saturated rings. The predicted molar refractivity (Wildman–Crippen MR) is 75.8 cm³/mol. The van der Waals surface area contributed by atoms with Gasteiger partial charge < -0.3 is 10.5 Å². The maximum Gasteiger partial charge on any atom is 0.461 e. The van der Waals surface area contributed by atoms with Crippen LogP contribution < -0.4 is 15.9 Å². The number of hydrogen-bond donors (Lipinski definition) is 2. The highest BCUT2D eigenvalue weighted by Crippen LogP contribution is 2.29. The third kappa shape index (κ3) is 4.07. The number of thiazole rings is 1. The fourth-order valence-electron chi connectivity index (χ4n) is 1.37. The zero-order valence-electron chi connectivity index (χ0n) is 10.8. The van der Waals surface area contributed by atoms with Crippen LogP contribution in [0.1, 0.15) is 5.56 Å². The van der Waals surface area contributed by atoms with Crippen molar-refractivity contribution >= 4 is 28.5 Å². The van der Waals surface area contributed by atoms with E-state index in [-0.39, 0.29) is 5.56 Å². The molecule has 0 atom stereocenters. The van der Waals surface area contributed by atoms with Crippen molar-refractivity contribution in [3.05, 3.63) is 35.2 Å². The molecule has 0 saturated carbocycles. The summed E-state index contributed by atoms with van der Waals surface area (Å²) in [6.07, 6.45) is -7.37. The van der Waals surface area contributed by atoms with Crippen LogP contribution in [0, 0.1) is 0 Å². The third-order valence-corrected chi connectivity index (χ3v) is 3.07. The molecule has 0 bridgehead atoms. The predicted octanol–water partition coefficient (Wildman–Crippen LogP) is 3.41. The van der Waals surface area contributed by atoms with Crippen molar-refractivity contribution < 1.29 is 22.3 Å². The molecular weight excluding hydrogens is 324 g/mol. The van der Waals surface area contributed by atoms with Gasteiger partial charge in [-0.2, -0.15) is 22.7 Å². The first-order chi connectivity index (χ1) is 10.4. The number of anilines is 2. The molecule has 5 nitrogen and oxygen atoms in total. The number of hydrogen-bond acceptors (Lipinski definition) is 6. The maximum absolute atomic E-state index is 12.9. The Morgan fingerprint density at radius 1 is 1.36 bits per heavy atom. The number of nitrogens with one attached hydrogen (secondary N) is 1. The van der Waals surface area contributed by atoms with E-state index in [1.54, 1.807) is 5.38 Å². The van der Waals surface area contributed by atoms with Crippen molar-refractivity contribution in [2.24, 2.45) is 5.10 Å². The number of halogens is 4. The monoisotopic (exact) mass is 334 g/mol. The summed E-state index contributed by atoms with van der Waals surface area (Å²) in [5.41, 5.74) is 8.05. The first-order valence-corrected chi connectivity index (χ1v) is 6.70. The summed E-state index contributed by atoms with van der Waals surface area (Å²) < 4.78 is 54.3. The Labute approximate surface area is 126 Å². The van der Waals surface area contributed by atoms with E-state index in [0.29, 0.717) is 10.9 Å². The van der Waals surface area contributed by atoms with Gasteiger partial charge in [-0.1, -0.05) is 12.1 Å². The maximum atomic E-state index is 12.9. The van der Waals surface area contributed by atoms with Crippen LogP contribution in [0.15, 0.2) is 34.7 Å². The van der Waals surface area contributed by atoms with Gasteiger partial charge in [-0.15, -0.1) is 11.3 Å². The van der Waals surface area contributed by atoms with Gasteiger partial charge in [-0.25, -0.2) is 4.98 Å². The molecule has 0 radical (unpaired) electrons. The summed E-state index contributed by atoms with van der Waals surface area (Å²) in [5.74, 6) is -0.111. The lowest BCUT2D eigenvalue weighted by Gasteiger charge is -2.17. The summed E-state index contributed by atoms with van der Waals surface area (Å²) in [4.78, 5) is 3.87. The standard InChI is InChI=1S/C12H10F4N4OS/c13-10(14)12(15,16)21-8-4-2-1-3-7(8)5-18-20-11-19-9(17)6-22-11/h1-6,10H,17H2,(H,19,20). The van der Waals surface area contributed by atoms with Gasteiger partial charge in [0.15, 0.2) is 0 Å². The molecular formula is C12H10F4N4OS. The van der Waals surface area contributed by atoms with Gasteiger partial charge in [0.05, 0.1) is 6.21 Å². The Balaban J connectivity index is 2.11.